The van der Waals surface area contributed by atoms with E-state index in [2.05, 4.69) is 23.5 Å². The summed E-state index contributed by atoms with van der Waals surface area (Å²) in [7, 11) is 0. The van der Waals surface area contributed by atoms with Crippen LogP contribution in [0.5, 0.6) is 0 Å². The number of hydrogen-bond donors (Lipinski definition) is 1. The van der Waals surface area contributed by atoms with Crippen molar-refractivity contribution in [3.8, 4) is 0 Å². The van der Waals surface area contributed by atoms with Crippen molar-refractivity contribution in [1.29, 1.82) is 0 Å². The van der Waals surface area contributed by atoms with Crippen LogP contribution in [0.25, 0.3) is 0 Å². The molecule has 1 heterocycles. The number of hydrazone groups is 1. The molecule has 0 unspecified atom stereocenters. The lowest BCUT2D eigenvalue weighted by Gasteiger charge is -2.19. The minimum absolute atomic E-state index is 0.0239. The zero-order valence-corrected chi connectivity index (χ0v) is 14.3. The van der Waals surface area contributed by atoms with E-state index in [1.807, 2.05) is 0 Å². The summed E-state index contributed by atoms with van der Waals surface area (Å²) in [6, 6.07) is 2.10. The van der Waals surface area contributed by atoms with Gasteiger partial charge in [0.2, 0.25) is 0 Å². The van der Waals surface area contributed by atoms with Crippen LogP contribution in [0.1, 0.15) is 78.4 Å². The van der Waals surface area contributed by atoms with Gasteiger partial charge in [0.25, 0.3) is 5.91 Å². The molecule has 0 spiro atoms. The van der Waals surface area contributed by atoms with Crippen molar-refractivity contribution in [2.24, 2.45) is 11.0 Å². The molecule has 0 saturated heterocycles. The second-order valence-corrected chi connectivity index (χ2v) is 7.75. The molecule has 0 aliphatic heterocycles. The molecule has 2 aliphatic carbocycles. The quantitative estimate of drug-likeness (QED) is 0.637. The Hall–Kier alpha value is -1.16. The van der Waals surface area contributed by atoms with Gasteiger partial charge in [-0.2, -0.15) is 5.10 Å². The average molecular weight is 318 g/mol. The third kappa shape index (κ3) is 3.78. The highest BCUT2D eigenvalue weighted by atomic mass is 32.1. The maximum absolute atomic E-state index is 12.3. The highest BCUT2D eigenvalue weighted by Gasteiger charge is 2.22. The van der Waals surface area contributed by atoms with E-state index in [9.17, 15) is 4.79 Å². The Morgan fingerprint density at radius 1 is 1.27 bits per heavy atom. The van der Waals surface area contributed by atoms with Gasteiger partial charge in [-0.1, -0.05) is 26.2 Å². The lowest BCUT2D eigenvalue weighted by Crippen LogP contribution is -2.18. The van der Waals surface area contributed by atoms with Gasteiger partial charge in [-0.25, -0.2) is 5.43 Å². The van der Waals surface area contributed by atoms with Crippen LogP contribution in [0.3, 0.4) is 0 Å². The summed E-state index contributed by atoms with van der Waals surface area (Å²) in [5.74, 6) is 0.772. The summed E-state index contributed by atoms with van der Waals surface area (Å²) in [4.78, 5) is 14.6. The summed E-state index contributed by atoms with van der Waals surface area (Å²) in [5.41, 5.74) is 5.35. The van der Waals surface area contributed by atoms with Crippen LogP contribution < -0.4 is 5.43 Å². The van der Waals surface area contributed by atoms with Crippen LogP contribution in [0.15, 0.2) is 11.2 Å². The Kier molecular flexibility index (Phi) is 5.29. The van der Waals surface area contributed by atoms with Gasteiger partial charge in [-0.05, 0) is 62.5 Å². The molecule has 1 atom stereocenters. The van der Waals surface area contributed by atoms with Crippen LogP contribution in [0.4, 0.5) is 0 Å². The van der Waals surface area contributed by atoms with Crippen LogP contribution in [0.2, 0.25) is 0 Å². The maximum atomic E-state index is 12.3. The minimum atomic E-state index is -0.0239. The predicted octanol–water partition coefficient (Wildman–Crippen LogP) is 4.70. The van der Waals surface area contributed by atoms with Gasteiger partial charge in [0.15, 0.2) is 0 Å². The van der Waals surface area contributed by atoms with Crippen LogP contribution in [-0.2, 0) is 12.8 Å². The Bertz CT molecular complexity index is 551. The number of nitrogens with zero attached hydrogens (tertiary/aromatic N) is 1. The topological polar surface area (TPSA) is 41.5 Å². The average Bonchev–Trinajstić information content (AvgIpc) is 2.79. The molecule has 0 radical (unpaired) electrons. The van der Waals surface area contributed by atoms with Crippen molar-refractivity contribution in [3.63, 3.8) is 0 Å². The fourth-order valence-electron chi connectivity index (χ4n) is 3.49. The summed E-state index contributed by atoms with van der Waals surface area (Å²) < 4.78 is 0. The molecule has 1 amide bonds. The Morgan fingerprint density at radius 3 is 2.77 bits per heavy atom. The number of rotatable bonds is 3. The molecule has 2 aliphatic rings. The van der Waals surface area contributed by atoms with Crippen molar-refractivity contribution in [2.45, 2.75) is 71.1 Å². The molecule has 4 heteroatoms. The highest BCUT2D eigenvalue weighted by molar-refractivity contribution is 7.14. The second kappa shape index (κ2) is 7.40. The molecule has 3 rings (SSSR count). The van der Waals surface area contributed by atoms with E-state index in [1.165, 1.54) is 54.7 Å². The zero-order valence-electron chi connectivity index (χ0n) is 13.5. The van der Waals surface area contributed by atoms with Crippen molar-refractivity contribution >= 4 is 23.0 Å². The fraction of sp³-hybridized carbons (Fsp3) is 0.667. The summed E-state index contributed by atoms with van der Waals surface area (Å²) in [6.45, 7) is 2.26. The number of hydrogen-bond acceptors (Lipinski definition) is 3. The van der Waals surface area contributed by atoms with Gasteiger partial charge in [-0.3, -0.25) is 4.79 Å². The first kappa shape index (κ1) is 15.7. The van der Waals surface area contributed by atoms with Crippen molar-refractivity contribution in [3.05, 3.63) is 21.4 Å². The van der Waals surface area contributed by atoms with Crippen LogP contribution in [-0.4, -0.2) is 11.6 Å². The number of fused-ring (bicyclic) bond motifs is 1. The fourth-order valence-corrected chi connectivity index (χ4v) is 4.59. The molecule has 22 heavy (non-hydrogen) atoms. The molecule has 0 bridgehead atoms. The van der Waals surface area contributed by atoms with E-state index >= 15 is 0 Å². The summed E-state index contributed by atoms with van der Waals surface area (Å²) >= 11 is 1.67. The van der Waals surface area contributed by atoms with Crippen LogP contribution in [0, 0.1) is 5.92 Å². The van der Waals surface area contributed by atoms with E-state index in [0.717, 1.165) is 36.5 Å². The van der Waals surface area contributed by atoms with E-state index in [1.54, 1.807) is 11.3 Å². The van der Waals surface area contributed by atoms with Crippen molar-refractivity contribution < 1.29 is 4.79 Å². The first-order valence-corrected chi connectivity index (χ1v) is 9.55. The maximum Gasteiger partial charge on any atom is 0.281 e. The highest BCUT2D eigenvalue weighted by Crippen LogP contribution is 2.33. The zero-order chi connectivity index (χ0) is 15.4. The summed E-state index contributed by atoms with van der Waals surface area (Å²) in [6.07, 6.45) is 11.9. The number of nitrogens with one attached hydrogen (secondary N) is 1. The largest absolute Gasteiger partial charge is 0.281 e. The molecule has 1 N–H and O–H groups in total. The molecule has 1 aromatic heterocycles. The third-order valence-electron chi connectivity index (χ3n) is 4.98. The normalized spacial score (nSPS) is 21.9. The smallest absolute Gasteiger partial charge is 0.266 e. The Labute approximate surface area is 137 Å². The molecule has 1 saturated carbocycles. The lowest BCUT2D eigenvalue weighted by atomic mass is 9.87. The number of carbonyl (C=O) groups is 1. The van der Waals surface area contributed by atoms with Gasteiger partial charge >= 0.3 is 0 Å². The van der Waals surface area contributed by atoms with E-state index in [0.29, 0.717) is 0 Å². The number of aryl methyl sites for hydroxylation is 1. The predicted molar refractivity (Wildman–Crippen MR) is 92.7 cm³/mol. The number of thiophene rings is 1. The van der Waals surface area contributed by atoms with E-state index in [4.69, 9.17) is 0 Å². The van der Waals surface area contributed by atoms with Gasteiger partial charge in [0.1, 0.15) is 0 Å². The Balaban J connectivity index is 1.63. The molecule has 3 nitrogen and oxygen atoms in total. The molecule has 1 fully saturated rings. The van der Waals surface area contributed by atoms with Gasteiger partial charge in [0.05, 0.1) is 4.88 Å². The SMILES string of the molecule is CC[C@@H]1CCc2sc(C(=O)NN=C3CCCCCC3)cc2C1. The third-order valence-corrected chi connectivity index (χ3v) is 6.22. The van der Waals surface area contributed by atoms with Gasteiger partial charge in [-0.15, -0.1) is 11.3 Å². The molecule has 120 valence electrons. The van der Waals surface area contributed by atoms with E-state index in [-0.39, 0.29) is 5.91 Å². The van der Waals surface area contributed by atoms with Gasteiger partial charge < -0.3 is 0 Å². The lowest BCUT2D eigenvalue weighted by molar-refractivity contribution is 0.0958. The monoisotopic (exact) mass is 318 g/mol. The minimum Gasteiger partial charge on any atom is -0.266 e. The number of carbonyl (C=O) groups excluding carboxylic acids is 1. The molecular formula is C18H26N2OS. The summed E-state index contributed by atoms with van der Waals surface area (Å²) in [5, 5.41) is 4.38. The molecular weight excluding hydrogens is 292 g/mol. The van der Waals surface area contributed by atoms with Crippen molar-refractivity contribution in [1.82, 2.24) is 5.43 Å². The van der Waals surface area contributed by atoms with E-state index < -0.39 is 0 Å². The first-order chi connectivity index (χ1) is 10.8. The Morgan fingerprint density at radius 2 is 2.05 bits per heavy atom. The number of amides is 1. The van der Waals surface area contributed by atoms with Gasteiger partial charge in [0, 0.05) is 10.6 Å². The second-order valence-electron chi connectivity index (χ2n) is 6.61. The van der Waals surface area contributed by atoms with Crippen LogP contribution >= 0.6 is 11.3 Å². The van der Waals surface area contributed by atoms with Crippen molar-refractivity contribution in [2.75, 3.05) is 0 Å². The first-order valence-electron chi connectivity index (χ1n) is 8.73. The molecule has 0 aromatic carbocycles. The molecule has 1 aromatic rings. The standard InChI is InChI=1S/C18H26N2OS/c1-2-13-9-10-16-14(11-13)12-17(22-16)18(21)20-19-15-7-5-3-4-6-8-15/h12-13H,2-11H2,1H3,(H,20,21)/t13-/m1/s1.